The molecular formula is C22H33N5O. The fourth-order valence-corrected chi connectivity index (χ4v) is 3.95. The lowest BCUT2D eigenvalue weighted by Gasteiger charge is -2.25. The van der Waals surface area contributed by atoms with Gasteiger partial charge in [-0.3, -0.25) is 4.79 Å². The lowest BCUT2D eigenvalue weighted by atomic mass is 10.1. The van der Waals surface area contributed by atoms with Gasteiger partial charge in [0.05, 0.1) is 12.5 Å². The minimum atomic E-state index is -0.0792. The summed E-state index contributed by atoms with van der Waals surface area (Å²) in [5.41, 5.74) is 1.40. The van der Waals surface area contributed by atoms with Crippen molar-refractivity contribution in [1.82, 2.24) is 24.6 Å². The van der Waals surface area contributed by atoms with Crippen LogP contribution in [0.25, 0.3) is 0 Å². The summed E-state index contributed by atoms with van der Waals surface area (Å²) in [7, 11) is 0. The van der Waals surface area contributed by atoms with E-state index in [9.17, 15) is 4.79 Å². The van der Waals surface area contributed by atoms with Gasteiger partial charge < -0.3 is 9.80 Å². The van der Waals surface area contributed by atoms with E-state index in [1.54, 1.807) is 0 Å². The van der Waals surface area contributed by atoms with Crippen molar-refractivity contribution in [3.63, 3.8) is 0 Å². The zero-order valence-corrected chi connectivity index (χ0v) is 17.5. The van der Waals surface area contributed by atoms with Gasteiger partial charge in [-0.05, 0) is 51.8 Å². The fraction of sp³-hybridized carbons (Fsp3) is 0.591. The molecule has 6 nitrogen and oxygen atoms in total. The van der Waals surface area contributed by atoms with Crippen LogP contribution in [0.15, 0.2) is 30.3 Å². The van der Waals surface area contributed by atoms with E-state index in [0.717, 1.165) is 57.2 Å². The zero-order valence-electron chi connectivity index (χ0n) is 17.5. The quantitative estimate of drug-likeness (QED) is 0.738. The van der Waals surface area contributed by atoms with Crippen molar-refractivity contribution in [3.05, 3.63) is 47.5 Å². The van der Waals surface area contributed by atoms with Crippen LogP contribution in [0.2, 0.25) is 0 Å². The third-order valence-electron chi connectivity index (χ3n) is 5.51. The van der Waals surface area contributed by atoms with Crippen LogP contribution in [0.3, 0.4) is 0 Å². The number of hydrogen-bond donors (Lipinski definition) is 0. The SMILES string of the molecule is Cc1nc(C)n(C[C@H](C)C(=O)N2CCCN(CCCc3ccccc3)CC2)n1. The third-order valence-corrected chi connectivity index (χ3v) is 5.51. The highest BCUT2D eigenvalue weighted by molar-refractivity contribution is 5.78. The molecule has 1 amide bonds. The van der Waals surface area contributed by atoms with E-state index in [1.165, 1.54) is 12.0 Å². The maximum atomic E-state index is 12.9. The number of benzene rings is 1. The summed E-state index contributed by atoms with van der Waals surface area (Å²) in [6.45, 7) is 11.3. The van der Waals surface area contributed by atoms with Crippen molar-refractivity contribution in [2.45, 2.75) is 46.6 Å². The Balaban J connectivity index is 1.44. The number of nitrogens with zero attached hydrogens (tertiary/aromatic N) is 5. The molecule has 2 heterocycles. The molecule has 2 aromatic rings. The summed E-state index contributed by atoms with van der Waals surface area (Å²) in [5, 5.41) is 4.39. The Morgan fingerprint density at radius 3 is 2.61 bits per heavy atom. The van der Waals surface area contributed by atoms with Gasteiger partial charge >= 0.3 is 0 Å². The molecule has 0 saturated carbocycles. The molecule has 0 N–H and O–H groups in total. The molecule has 0 aliphatic carbocycles. The predicted octanol–water partition coefficient (Wildman–Crippen LogP) is 2.70. The number of carbonyl (C=O) groups excluding carboxylic acids is 1. The molecule has 1 aliphatic rings. The van der Waals surface area contributed by atoms with Crippen LogP contribution in [0.1, 0.15) is 37.0 Å². The van der Waals surface area contributed by atoms with Crippen molar-refractivity contribution in [2.75, 3.05) is 32.7 Å². The Morgan fingerprint density at radius 2 is 1.89 bits per heavy atom. The van der Waals surface area contributed by atoms with Crippen LogP contribution in [0.4, 0.5) is 0 Å². The lowest BCUT2D eigenvalue weighted by Crippen LogP contribution is -2.39. The summed E-state index contributed by atoms with van der Waals surface area (Å²) in [6, 6.07) is 10.7. The zero-order chi connectivity index (χ0) is 19.9. The maximum Gasteiger partial charge on any atom is 0.227 e. The molecule has 28 heavy (non-hydrogen) atoms. The largest absolute Gasteiger partial charge is 0.341 e. The fourth-order valence-electron chi connectivity index (χ4n) is 3.95. The van der Waals surface area contributed by atoms with Crippen molar-refractivity contribution in [2.24, 2.45) is 5.92 Å². The molecule has 0 radical (unpaired) electrons. The van der Waals surface area contributed by atoms with Crippen molar-refractivity contribution in [3.8, 4) is 0 Å². The summed E-state index contributed by atoms with van der Waals surface area (Å²) in [4.78, 5) is 21.8. The highest BCUT2D eigenvalue weighted by atomic mass is 16.2. The van der Waals surface area contributed by atoms with Crippen molar-refractivity contribution >= 4 is 5.91 Å². The van der Waals surface area contributed by atoms with Crippen LogP contribution >= 0.6 is 0 Å². The minimum Gasteiger partial charge on any atom is -0.341 e. The van der Waals surface area contributed by atoms with E-state index in [-0.39, 0.29) is 11.8 Å². The van der Waals surface area contributed by atoms with Gasteiger partial charge in [0.2, 0.25) is 5.91 Å². The van der Waals surface area contributed by atoms with E-state index >= 15 is 0 Å². The molecule has 1 atom stereocenters. The number of hydrogen-bond acceptors (Lipinski definition) is 4. The second-order valence-corrected chi connectivity index (χ2v) is 7.90. The van der Waals surface area contributed by atoms with Gasteiger partial charge in [0.25, 0.3) is 0 Å². The van der Waals surface area contributed by atoms with E-state index in [2.05, 4.69) is 45.3 Å². The second-order valence-electron chi connectivity index (χ2n) is 7.90. The molecule has 152 valence electrons. The molecule has 6 heteroatoms. The normalized spacial score (nSPS) is 16.8. The van der Waals surface area contributed by atoms with Crippen LogP contribution in [-0.4, -0.2) is 63.2 Å². The minimum absolute atomic E-state index is 0.0792. The highest BCUT2D eigenvalue weighted by Crippen LogP contribution is 2.12. The van der Waals surface area contributed by atoms with Gasteiger partial charge in [-0.2, -0.15) is 5.10 Å². The van der Waals surface area contributed by atoms with E-state index in [1.807, 2.05) is 30.4 Å². The van der Waals surface area contributed by atoms with E-state index < -0.39 is 0 Å². The van der Waals surface area contributed by atoms with Crippen LogP contribution in [0, 0.1) is 19.8 Å². The molecule has 0 spiro atoms. The Kier molecular flexibility index (Phi) is 7.20. The van der Waals surface area contributed by atoms with Crippen LogP contribution in [-0.2, 0) is 17.8 Å². The van der Waals surface area contributed by atoms with Crippen LogP contribution < -0.4 is 0 Å². The molecule has 3 rings (SSSR count). The molecule has 0 unspecified atom stereocenters. The Hall–Kier alpha value is -2.21. The van der Waals surface area contributed by atoms with Gasteiger partial charge in [-0.15, -0.1) is 0 Å². The second kappa shape index (κ2) is 9.82. The average molecular weight is 384 g/mol. The van der Waals surface area contributed by atoms with Gasteiger partial charge in [0.15, 0.2) is 0 Å². The Labute approximate surface area is 168 Å². The lowest BCUT2D eigenvalue weighted by molar-refractivity contribution is -0.135. The summed E-state index contributed by atoms with van der Waals surface area (Å²) in [6.07, 6.45) is 3.33. The smallest absolute Gasteiger partial charge is 0.227 e. The van der Waals surface area contributed by atoms with Crippen molar-refractivity contribution < 1.29 is 4.79 Å². The first kappa shape index (κ1) is 20.5. The van der Waals surface area contributed by atoms with Gasteiger partial charge in [0, 0.05) is 19.6 Å². The highest BCUT2D eigenvalue weighted by Gasteiger charge is 2.24. The summed E-state index contributed by atoms with van der Waals surface area (Å²) >= 11 is 0. The molecule has 1 saturated heterocycles. The first-order valence-electron chi connectivity index (χ1n) is 10.5. The van der Waals surface area contributed by atoms with Gasteiger partial charge in [-0.1, -0.05) is 37.3 Å². The molecule has 1 aromatic carbocycles. The Bertz CT molecular complexity index is 758. The standard InChI is InChI=1S/C22H33N5O/c1-18(17-27-20(3)23-19(2)24-27)22(28)26-14-8-13-25(15-16-26)12-7-11-21-9-5-4-6-10-21/h4-6,9-10,18H,7-8,11-17H2,1-3H3/t18-/m0/s1. The maximum absolute atomic E-state index is 12.9. The number of rotatable bonds is 7. The van der Waals surface area contributed by atoms with Crippen molar-refractivity contribution in [1.29, 1.82) is 0 Å². The number of aromatic nitrogens is 3. The first-order valence-corrected chi connectivity index (χ1v) is 10.5. The Morgan fingerprint density at radius 1 is 1.11 bits per heavy atom. The van der Waals surface area contributed by atoms with Gasteiger partial charge in [0.1, 0.15) is 11.6 Å². The monoisotopic (exact) mass is 383 g/mol. The molecule has 1 fully saturated rings. The number of aryl methyl sites for hydroxylation is 3. The van der Waals surface area contributed by atoms with Gasteiger partial charge in [-0.25, -0.2) is 9.67 Å². The van der Waals surface area contributed by atoms with E-state index in [0.29, 0.717) is 6.54 Å². The van der Waals surface area contributed by atoms with Crippen LogP contribution in [0.5, 0.6) is 0 Å². The predicted molar refractivity (Wildman–Crippen MR) is 111 cm³/mol. The average Bonchev–Trinajstić information content (AvgIpc) is 2.86. The number of amides is 1. The first-order chi connectivity index (χ1) is 13.5. The third kappa shape index (κ3) is 5.64. The molecule has 0 bridgehead atoms. The summed E-state index contributed by atoms with van der Waals surface area (Å²) < 4.78 is 1.85. The molecule has 1 aliphatic heterocycles. The topological polar surface area (TPSA) is 54.3 Å². The molecule has 1 aromatic heterocycles. The number of carbonyl (C=O) groups is 1. The van der Waals surface area contributed by atoms with E-state index in [4.69, 9.17) is 0 Å². The molecular weight excluding hydrogens is 350 g/mol. The summed E-state index contributed by atoms with van der Waals surface area (Å²) in [5.74, 6) is 1.79.